The number of amides is 1. The molecule has 1 aromatic heterocycles. The van der Waals surface area contributed by atoms with Crippen LogP contribution in [0.3, 0.4) is 0 Å². The molecule has 1 amide bonds. The van der Waals surface area contributed by atoms with Crippen molar-refractivity contribution in [2.24, 2.45) is 5.92 Å². The molecule has 0 atom stereocenters. The van der Waals surface area contributed by atoms with Crippen LogP contribution in [0.25, 0.3) is 0 Å². The van der Waals surface area contributed by atoms with Crippen LogP contribution < -0.4 is 10.6 Å². The first-order chi connectivity index (χ1) is 8.19. The second-order valence-corrected chi connectivity index (χ2v) is 4.71. The molecule has 0 aliphatic heterocycles. The molecule has 1 aromatic rings. The van der Waals surface area contributed by atoms with Crippen LogP contribution in [0.1, 0.15) is 37.2 Å². The Kier molecular flexibility index (Phi) is 3.61. The SMILES string of the molecule is CCNC(=O)c1cc(NC2CC(C)C2)ccn1. The van der Waals surface area contributed by atoms with Gasteiger partial charge in [-0.05, 0) is 37.8 Å². The third-order valence-electron chi connectivity index (χ3n) is 3.07. The number of hydrogen-bond acceptors (Lipinski definition) is 3. The highest BCUT2D eigenvalue weighted by molar-refractivity contribution is 5.93. The molecule has 1 aliphatic carbocycles. The van der Waals surface area contributed by atoms with Gasteiger partial charge in [0, 0.05) is 24.5 Å². The van der Waals surface area contributed by atoms with Crippen LogP contribution in [0.4, 0.5) is 5.69 Å². The minimum Gasteiger partial charge on any atom is -0.382 e. The van der Waals surface area contributed by atoms with Gasteiger partial charge in [-0.1, -0.05) is 6.92 Å². The number of carbonyl (C=O) groups is 1. The first-order valence-electron chi connectivity index (χ1n) is 6.19. The van der Waals surface area contributed by atoms with Gasteiger partial charge in [-0.3, -0.25) is 9.78 Å². The Morgan fingerprint density at radius 2 is 2.29 bits per heavy atom. The third-order valence-corrected chi connectivity index (χ3v) is 3.07. The molecule has 0 aromatic carbocycles. The van der Waals surface area contributed by atoms with Crippen LogP contribution in [0, 0.1) is 5.92 Å². The molecule has 17 heavy (non-hydrogen) atoms. The van der Waals surface area contributed by atoms with E-state index in [1.807, 2.05) is 19.1 Å². The number of pyridine rings is 1. The molecule has 1 heterocycles. The number of nitrogens with one attached hydrogen (secondary N) is 2. The Morgan fingerprint density at radius 1 is 1.53 bits per heavy atom. The van der Waals surface area contributed by atoms with E-state index in [0.29, 0.717) is 18.3 Å². The highest BCUT2D eigenvalue weighted by Gasteiger charge is 2.25. The van der Waals surface area contributed by atoms with E-state index in [4.69, 9.17) is 0 Å². The molecule has 0 spiro atoms. The molecule has 1 fully saturated rings. The maximum absolute atomic E-state index is 11.6. The fourth-order valence-corrected chi connectivity index (χ4v) is 2.15. The van der Waals surface area contributed by atoms with Crippen molar-refractivity contribution in [3.63, 3.8) is 0 Å². The molecule has 92 valence electrons. The van der Waals surface area contributed by atoms with Crippen molar-refractivity contribution >= 4 is 11.6 Å². The van der Waals surface area contributed by atoms with Crippen molar-refractivity contribution in [2.45, 2.75) is 32.7 Å². The molecular formula is C13H19N3O. The average Bonchev–Trinajstić information content (AvgIpc) is 2.28. The predicted octanol–water partition coefficient (Wildman–Crippen LogP) is 2.04. The number of hydrogen-bond donors (Lipinski definition) is 2. The Balaban J connectivity index is 1.98. The van der Waals surface area contributed by atoms with Gasteiger partial charge in [-0.25, -0.2) is 0 Å². The normalized spacial score (nSPS) is 22.7. The van der Waals surface area contributed by atoms with Gasteiger partial charge < -0.3 is 10.6 Å². The van der Waals surface area contributed by atoms with Crippen LogP contribution in [-0.4, -0.2) is 23.5 Å². The fourth-order valence-electron chi connectivity index (χ4n) is 2.15. The zero-order valence-corrected chi connectivity index (χ0v) is 10.4. The maximum atomic E-state index is 11.6. The first-order valence-corrected chi connectivity index (χ1v) is 6.19. The zero-order valence-electron chi connectivity index (χ0n) is 10.4. The lowest BCUT2D eigenvalue weighted by Gasteiger charge is -2.34. The smallest absolute Gasteiger partial charge is 0.269 e. The summed E-state index contributed by atoms with van der Waals surface area (Å²) in [6, 6.07) is 4.27. The molecular weight excluding hydrogens is 214 g/mol. The van der Waals surface area contributed by atoms with Gasteiger partial charge >= 0.3 is 0 Å². The number of nitrogens with zero attached hydrogens (tertiary/aromatic N) is 1. The van der Waals surface area contributed by atoms with Crippen molar-refractivity contribution in [3.8, 4) is 0 Å². The molecule has 2 rings (SSSR count). The summed E-state index contributed by atoms with van der Waals surface area (Å²) in [6.07, 6.45) is 4.09. The lowest BCUT2D eigenvalue weighted by atomic mass is 9.82. The fraction of sp³-hybridized carbons (Fsp3) is 0.538. The summed E-state index contributed by atoms with van der Waals surface area (Å²) < 4.78 is 0. The van der Waals surface area contributed by atoms with E-state index in [-0.39, 0.29) is 5.91 Å². The Labute approximate surface area is 102 Å². The van der Waals surface area contributed by atoms with Gasteiger partial charge in [-0.2, -0.15) is 0 Å². The van der Waals surface area contributed by atoms with E-state index >= 15 is 0 Å². The molecule has 1 saturated carbocycles. The molecule has 0 radical (unpaired) electrons. The molecule has 2 N–H and O–H groups in total. The highest BCUT2D eigenvalue weighted by atomic mass is 16.1. The van der Waals surface area contributed by atoms with E-state index in [9.17, 15) is 4.79 Å². The largest absolute Gasteiger partial charge is 0.382 e. The summed E-state index contributed by atoms with van der Waals surface area (Å²) in [5.41, 5.74) is 1.46. The predicted molar refractivity (Wildman–Crippen MR) is 68.1 cm³/mol. The second kappa shape index (κ2) is 5.17. The van der Waals surface area contributed by atoms with E-state index in [1.54, 1.807) is 6.20 Å². The summed E-state index contributed by atoms with van der Waals surface area (Å²) in [5, 5.41) is 6.17. The first kappa shape index (κ1) is 11.9. The van der Waals surface area contributed by atoms with E-state index in [2.05, 4.69) is 22.5 Å². The average molecular weight is 233 g/mol. The van der Waals surface area contributed by atoms with Crippen LogP contribution in [0.5, 0.6) is 0 Å². The third kappa shape index (κ3) is 2.96. The molecule has 4 heteroatoms. The van der Waals surface area contributed by atoms with Gasteiger partial charge in [0.15, 0.2) is 0 Å². The zero-order chi connectivity index (χ0) is 12.3. The number of rotatable bonds is 4. The summed E-state index contributed by atoms with van der Waals surface area (Å²) >= 11 is 0. The quantitative estimate of drug-likeness (QED) is 0.836. The van der Waals surface area contributed by atoms with Crippen LogP contribution in [0.2, 0.25) is 0 Å². The number of carbonyl (C=O) groups excluding carboxylic acids is 1. The lowest BCUT2D eigenvalue weighted by Crippen LogP contribution is -2.33. The van der Waals surface area contributed by atoms with E-state index in [1.165, 1.54) is 12.8 Å². The molecule has 4 nitrogen and oxygen atoms in total. The Bertz CT molecular complexity index is 399. The van der Waals surface area contributed by atoms with E-state index in [0.717, 1.165) is 11.6 Å². The summed E-state index contributed by atoms with van der Waals surface area (Å²) in [6.45, 7) is 4.78. The van der Waals surface area contributed by atoms with Crippen molar-refractivity contribution in [2.75, 3.05) is 11.9 Å². The van der Waals surface area contributed by atoms with Gasteiger partial charge in [0.25, 0.3) is 5.91 Å². The van der Waals surface area contributed by atoms with Gasteiger partial charge in [0.05, 0.1) is 0 Å². The van der Waals surface area contributed by atoms with Crippen molar-refractivity contribution in [1.29, 1.82) is 0 Å². The number of aromatic nitrogens is 1. The number of anilines is 1. The second-order valence-electron chi connectivity index (χ2n) is 4.71. The molecule has 0 unspecified atom stereocenters. The Morgan fingerprint density at radius 3 is 2.94 bits per heavy atom. The summed E-state index contributed by atoms with van der Waals surface area (Å²) in [4.78, 5) is 15.7. The van der Waals surface area contributed by atoms with Crippen LogP contribution >= 0.6 is 0 Å². The monoisotopic (exact) mass is 233 g/mol. The minimum atomic E-state index is -0.113. The van der Waals surface area contributed by atoms with Crippen molar-refractivity contribution < 1.29 is 4.79 Å². The standard InChI is InChI=1S/C13H19N3O/c1-3-14-13(17)12-8-10(4-5-15-12)16-11-6-9(2)7-11/h4-5,8-9,11H,3,6-7H2,1-2H3,(H,14,17)(H,15,16). The van der Waals surface area contributed by atoms with Crippen molar-refractivity contribution in [3.05, 3.63) is 24.0 Å². The van der Waals surface area contributed by atoms with Crippen molar-refractivity contribution in [1.82, 2.24) is 10.3 Å². The maximum Gasteiger partial charge on any atom is 0.269 e. The lowest BCUT2D eigenvalue weighted by molar-refractivity contribution is 0.0951. The van der Waals surface area contributed by atoms with Crippen LogP contribution in [-0.2, 0) is 0 Å². The molecule has 1 aliphatic rings. The van der Waals surface area contributed by atoms with Gasteiger partial charge in [0.2, 0.25) is 0 Å². The van der Waals surface area contributed by atoms with E-state index < -0.39 is 0 Å². The minimum absolute atomic E-state index is 0.113. The topological polar surface area (TPSA) is 54.0 Å². The van der Waals surface area contributed by atoms with Gasteiger partial charge in [0.1, 0.15) is 5.69 Å². The van der Waals surface area contributed by atoms with Crippen LogP contribution in [0.15, 0.2) is 18.3 Å². The summed E-state index contributed by atoms with van der Waals surface area (Å²) in [7, 11) is 0. The Hall–Kier alpha value is -1.58. The molecule has 0 bridgehead atoms. The highest BCUT2D eigenvalue weighted by Crippen LogP contribution is 2.29. The molecule has 0 saturated heterocycles. The summed E-state index contributed by atoms with van der Waals surface area (Å²) in [5.74, 6) is 0.704. The van der Waals surface area contributed by atoms with Gasteiger partial charge in [-0.15, -0.1) is 0 Å².